The van der Waals surface area contributed by atoms with Crippen molar-refractivity contribution in [3.05, 3.63) is 64.9 Å². The van der Waals surface area contributed by atoms with Crippen molar-refractivity contribution in [1.82, 2.24) is 9.80 Å². The van der Waals surface area contributed by atoms with E-state index in [0.29, 0.717) is 43.2 Å². The molecule has 0 saturated carbocycles. The van der Waals surface area contributed by atoms with Crippen LogP contribution in [0.25, 0.3) is 0 Å². The van der Waals surface area contributed by atoms with Gasteiger partial charge in [0.05, 0.1) is 0 Å². The molecule has 1 unspecified atom stereocenters. The first-order valence-electron chi connectivity index (χ1n) is 9.99. The number of anilines is 1. The van der Waals surface area contributed by atoms with E-state index in [2.05, 4.69) is 0 Å². The van der Waals surface area contributed by atoms with E-state index in [-0.39, 0.29) is 29.6 Å². The van der Waals surface area contributed by atoms with E-state index in [0.717, 1.165) is 11.4 Å². The van der Waals surface area contributed by atoms with Gasteiger partial charge in [-0.05, 0) is 36.8 Å². The van der Waals surface area contributed by atoms with Crippen LogP contribution in [0.4, 0.5) is 14.9 Å². The van der Waals surface area contributed by atoms with E-state index in [9.17, 15) is 14.0 Å². The zero-order valence-electron chi connectivity index (χ0n) is 16.5. The Hall–Kier alpha value is -2.25. The zero-order valence-corrected chi connectivity index (χ0v) is 18.0. The lowest BCUT2D eigenvalue weighted by Crippen LogP contribution is -2.43. The summed E-state index contributed by atoms with van der Waals surface area (Å²) in [6.45, 7) is 2.29. The fraction of sp³-hybridized carbons (Fsp3) is 0.364. The summed E-state index contributed by atoms with van der Waals surface area (Å²) >= 11 is 7.60. The molecule has 2 aromatic rings. The maximum Gasteiger partial charge on any atom is 0.325 e. The van der Waals surface area contributed by atoms with Crippen molar-refractivity contribution in [2.24, 2.45) is 0 Å². The van der Waals surface area contributed by atoms with Crippen molar-refractivity contribution >= 4 is 41.0 Å². The van der Waals surface area contributed by atoms with Crippen LogP contribution in [0.15, 0.2) is 48.5 Å². The Kier molecular flexibility index (Phi) is 6.49. The number of carbonyl (C=O) groups is 2. The zero-order chi connectivity index (χ0) is 21.1. The first-order chi connectivity index (χ1) is 14.5. The van der Waals surface area contributed by atoms with Crippen LogP contribution < -0.4 is 4.90 Å². The second-order valence-electron chi connectivity index (χ2n) is 7.38. The molecule has 2 aliphatic heterocycles. The molecule has 2 heterocycles. The second-order valence-corrected chi connectivity index (χ2v) is 9.13. The van der Waals surface area contributed by atoms with Crippen LogP contribution in [0.5, 0.6) is 0 Å². The molecule has 5 nitrogen and oxygen atoms in total. The van der Waals surface area contributed by atoms with E-state index in [1.165, 1.54) is 6.07 Å². The summed E-state index contributed by atoms with van der Waals surface area (Å²) in [6, 6.07) is 13.8. The molecule has 1 atom stereocenters. The number of benzene rings is 2. The van der Waals surface area contributed by atoms with Gasteiger partial charge in [0.25, 0.3) is 0 Å². The van der Waals surface area contributed by atoms with Crippen molar-refractivity contribution in [2.45, 2.75) is 11.7 Å². The molecule has 2 aliphatic rings. The number of hydrogen-bond donors (Lipinski definition) is 0. The molecule has 0 aliphatic carbocycles. The van der Waals surface area contributed by atoms with Gasteiger partial charge in [0.2, 0.25) is 5.91 Å². The summed E-state index contributed by atoms with van der Waals surface area (Å²) in [5.41, 5.74) is 1.48. The van der Waals surface area contributed by atoms with Crippen LogP contribution in [0.2, 0.25) is 5.02 Å². The lowest BCUT2D eigenvalue weighted by Gasteiger charge is -2.24. The summed E-state index contributed by atoms with van der Waals surface area (Å²) in [6.07, 6.45) is 0.697. The smallest absolute Gasteiger partial charge is 0.325 e. The Balaban J connectivity index is 1.34. The maximum absolute atomic E-state index is 14.1. The van der Waals surface area contributed by atoms with Gasteiger partial charge in [-0.3, -0.25) is 9.69 Å². The Morgan fingerprint density at radius 1 is 1.07 bits per heavy atom. The van der Waals surface area contributed by atoms with Crippen molar-refractivity contribution in [3.8, 4) is 0 Å². The van der Waals surface area contributed by atoms with Gasteiger partial charge < -0.3 is 9.80 Å². The third-order valence-electron chi connectivity index (χ3n) is 5.51. The molecule has 0 N–H and O–H groups in total. The van der Waals surface area contributed by atoms with Gasteiger partial charge >= 0.3 is 6.03 Å². The monoisotopic (exact) mass is 447 g/mol. The van der Waals surface area contributed by atoms with Gasteiger partial charge in [-0.15, -0.1) is 0 Å². The van der Waals surface area contributed by atoms with E-state index in [1.807, 2.05) is 12.1 Å². The Bertz CT molecular complexity index is 927. The Labute approximate surface area is 184 Å². The van der Waals surface area contributed by atoms with Gasteiger partial charge in [-0.2, -0.15) is 11.8 Å². The van der Waals surface area contributed by atoms with Gasteiger partial charge in [-0.25, -0.2) is 9.18 Å². The first kappa shape index (κ1) is 21.0. The van der Waals surface area contributed by atoms with E-state index >= 15 is 0 Å². The fourth-order valence-corrected chi connectivity index (χ4v) is 5.24. The van der Waals surface area contributed by atoms with Crippen molar-refractivity contribution in [3.63, 3.8) is 0 Å². The van der Waals surface area contributed by atoms with Crippen LogP contribution in [0, 0.1) is 5.82 Å². The molecule has 0 spiro atoms. The highest BCUT2D eigenvalue weighted by molar-refractivity contribution is 7.99. The molecular formula is C22H23ClFN3O2S. The molecule has 4 rings (SSSR count). The minimum atomic E-state index is -0.195. The maximum atomic E-state index is 14.1. The third-order valence-corrected chi connectivity index (χ3v) is 7.07. The highest BCUT2D eigenvalue weighted by Gasteiger charge is 2.32. The first-order valence-corrected chi connectivity index (χ1v) is 11.4. The Morgan fingerprint density at radius 3 is 2.60 bits per heavy atom. The molecule has 0 bridgehead atoms. The molecule has 0 radical (unpaired) electrons. The molecule has 30 heavy (non-hydrogen) atoms. The fourth-order valence-electron chi connectivity index (χ4n) is 3.86. The molecular weight excluding hydrogens is 425 g/mol. The molecule has 2 saturated heterocycles. The predicted molar refractivity (Wildman–Crippen MR) is 119 cm³/mol. The molecule has 8 heteroatoms. The number of hydrogen-bond acceptors (Lipinski definition) is 3. The Morgan fingerprint density at radius 2 is 1.83 bits per heavy atom. The van der Waals surface area contributed by atoms with Crippen molar-refractivity contribution < 1.29 is 14.0 Å². The molecule has 158 valence electrons. The number of rotatable bonds is 4. The topological polar surface area (TPSA) is 43.9 Å². The average Bonchev–Trinajstić information content (AvgIpc) is 2.95. The number of thioether (sulfide) groups is 1. The highest BCUT2D eigenvalue weighted by atomic mass is 35.5. The number of carbonyl (C=O) groups excluding carboxylic acids is 2. The minimum absolute atomic E-state index is 0.0396. The number of halogens is 2. The van der Waals surface area contributed by atoms with Crippen LogP contribution in [0.3, 0.4) is 0 Å². The summed E-state index contributed by atoms with van der Waals surface area (Å²) < 4.78 is 14.1. The summed E-state index contributed by atoms with van der Waals surface area (Å²) in [5.74, 6) is 0.492. The van der Waals surface area contributed by atoms with Crippen molar-refractivity contribution in [1.29, 1.82) is 0 Å². The largest absolute Gasteiger partial charge is 0.340 e. The normalized spacial score (nSPS) is 19.9. The predicted octanol–water partition coefficient (Wildman–Crippen LogP) is 4.43. The molecule has 0 aromatic heterocycles. The average molecular weight is 448 g/mol. The quantitative estimate of drug-likeness (QED) is 0.696. The molecule has 2 aromatic carbocycles. The number of amides is 3. The van der Waals surface area contributed by atoms with Crippen LogP contribution in [-0.2, 0) is 4.79 Å². The van der Waals surface area contributed by atoms with E-state index in [1.54, 1.807) is 56.8 Å². The van der Waals surface area contributed by atoms with Gasteiger partial charge in [-0.1, -0.05) is 29.8 Å². The van der Waals surface area contributed by atoms with Crippen LogP contribution in [-0.4, -0.2) is 60.2 Å². The van der Waals surface area contributed by atoms with Gasteiger partial charge in [0.15, 0.2) is 0 Å². The van der Waals surface area contributed by atoms with Crippen LogP contribution >= 0.6 is 23.4 Å². The molecule has 3 amide bonds. The third kappa shape index (κ3) is 4.57. The highest BCUT2D eigenvalue weighted by Crippen LogP contribution is 2.35. The number of nitrogens with zero attached hydrogens (tertiary/aromatic N) is 3. The minimum Gasteiger partial charge on any atom is -0.340 e. The summed E-state index contributed by atoms with van der Waals surface area (Å²) in [7, 11) is 0. The lowest BCUT2D eigenvalue weighted by atomic mass is 10.1. The summed E-state index contributed by atoms with van der Waals surface area (Å²) in [4.78, 5) is 30.7. The van der Waals surface area contributed by atoms with Gasteiger partial charge in [0, 0.05) is 53.5 Å². The van der Waals surface area contributed by atoms with E-state index < -0.39 is 0 Å². The van der Waals surface area contributed by atoms with E-state index in [4.69, 9.17) is 11.6 Å². The molecule has 2 fully saturated rings. The summed E-state index contributed by atoms with van der Waals surface area (Å²) in [5, 5.41) is 0.656. The van der Waals surface area contributed by atoms with Crippen molar-refractivity contribution in [2.75, 3.05) is 43.4 Å². The van der Waals surface area contributed by atoms with Crippen LogP contribution in [0.1, 0.15) is 17.2 Å². The second kappa shape index (κ2) is 9.27. The SMILES string of the molecule is O=C(CN1CCN(c2ccc(Cl)cc2)C1=O)N1CCSC(c2ccccc2F)CC1. The number of urea groups is 1. The standard InChI is InChI=1S/C22H23ClFN3O2S/c23-16-5-7-17(8-6-16)27-12-11-26(22(27)29)15-21(28)25-10-9-20(30-14-13-25)18-3-1-2-4-19(18)24/h1-8,20H,9-15H2. The van der Waals surface area contributed by atoms with Gasteiger partial charge in [0.1, 0.15) is 12.4 Å². The lowest BCUT2D eigenvalue weighted by molar-refractivity contribution is -0.131.